The zero-order chi connectivity index (χ0) is 10.7. The average molecular weight is 207 g/mol. The van der Waals surface area contributed by atoms with E-state index >= 15 is 0 Å². The lowest BCUT2D eigenvalue weighted by atomic mass is 10.4. The van der Waals surface area contributed by atoms with Crippen molar-refractivity contribution in [2.24, 2.45) is 5.73 Å². The van der Waals surface area contributed by atoms with E-state index in [2.05, 4.69) is 15.0 Å². The van der Waals surface area contributed by atoms with E-state index in [1.165, 1.54) is 12.5 Å². The van der Waals surface area contributed by atoms with Crippen LogP contribution in [0.4, 0.5) is 5.69 Å². The Hall–Kier alpha value is -2.08. The van der Waals surface area contributed by atoms with E-state index in [4.69, 9.17) is 10.2 Å². The van der Waals surface area contributed by atoms with Gasteiger partial charge in [-0.15, -0.1) is 0 Å². The van der Waals surface area contributed by atoms with E-state index in [1.807, 2.05) is 0 Å². The third-order valence-corrected chi connectivity index (χ3v) is 1.78. The summed E-state index contributed by atoms with van der Waals surface area (Å²) in [5.41, 5.74) is 5.83. The number of furan rings is 1. The van der Waals surface area contributed by atoms with E-state index in [1.54, 1.807) is 12.1 Å². The number of nitrogens with zero attached hydrogens (tertiary/aromatic N) is 1. The summed E-state index contributed by atoms with van der Waals surface area (Å²) in [6.45, 7) is 0.264. The van der Waals surface area contributed by atoms with Gasteiger partial charge in [0, 0.05) is 0 Å². The standard InChI is InChI=1S/C9H9N3O3/c10-3-7-1-2-8(15-7)9(13)12-6-4-11-14-5-6/h1-2,4-5H,3,10H2,(H,12,13). The van der Waals surface area contributed by atoms with E-state index in [0.717, 1.165) is 0 Å². The molecule has 0 radical (unpaired) electrons. The van der Waals surface area contributed by atoms with Crippen molar-refractivity contribution in [1.82, 2.24) is 5.16 Å². The molecule has 0 aliphatic rings. The van der Waals surface area contributed by atoms with Gasteiger partial charge >= 0.3 is 0 Å². The monoisotopic (exact) mass is 207 g/mol. The van der Waals surface area contributed by atoms with Crippen molar-refractivity contribution in [3.63, 3.8) is 0 Å². The van der Waals surface area contributed by atoms with Gasteiger partial charge < -0.3 is 20.0 Å². The predicted molar refractivity (Wildman–Crippen MR) is 51.1 cm³/mol. The first-order valence-corrected chi connectivity index (χ1v) is 4.29. The molecule has 0 aliphatic carbocycles. The van der Waals surface area contributed by atoms with Crippen LogP contribution in [-0.2, 0) is 6.54 Å². The molecule has 6 heteroatoms. The topological polar surface area (TPSA) is 94.3 Å². The van der Waals surface area contributed by atoms with Crippen molar-refractivity contribution in [2.45, 2.75) is 6.54 Å². The highest BCUT2D eigenvalue weighted by molar-refractivity contribution is 6.02. The maximum Gasteiger partial charge on any atom is 0.291 e. The molecule has 2 aromatic heterocycles. The van der Waals surface area contributed by atoms with Crippen LogP contribution in [-0.4, -0.2) is 11.1 Å². The Kier molecular flexibility index (Phi) is 2.51. The molecule has 2 rings (SSSR count). The van der Waals surface area contributed by atoms with Crippen LogP contribution in [0.25, 0.3) is 0 Å². The van der Waals surface area contributed by atoms with Crippen LogP contribution in [0.2, 0.25) is 0 Å². The van der Waals surface area contributed by atoms with Crippen LogP contribution in [0.3, 0.4) is 0 Å². The minimum atomic E-state index is -0.363. The van der Waals surface area contributed by atoms with Crippen LogP contribution in [0.1, 0.15) is 16.3 Å². The molecule has 0 spiro atoms. The number of hydrogen-bond donors (Lipinski definition) is 2. The van der Waals surface area contributed by atoms with Gasteiger partial charge in [-0.05, 0) is 12.1 Å². The zero-order valence-corrected chi connectivity index (χ0v) is 7.77. The SMILES string of the molecule is NCc1ccc(C(=O)Nc2cnoc2)o1. The number of hydrogen-bond acceptors (Lipinski definition) is 5. The molecule has 0 saturated heterocycles. The van der Waals surface area contributed by atoms with E-state index < -0.39 is 0 Å². The van der Waals surface area contributed by atoms with Crippen molar-refractivity contribution < 1.29 is 13.7 Å². The molecule has 15 heavy (non-hydrogen) atoms. The van der Waals surface area contributed by atoms with Gasteiger partial charge in [-0.1, -0.05) is 5.16 Å². The highest BCUT2D eigenvalue weighted by Gasteiger charge is 2.11. The van der Waals surface area contributed by atoms with Gasteiger partial charge in [-0.3, -0.25) is 4.79 Å². The molecule has 0 fully saturated rings. The number of aromatic nitrogens is 1. The van der Waals surface area contributed by atoms with Crippen LogP contribution in [0.15, 0.2) is 33.5 Å². The largest absolute Gasteiger partial charge is 0.455 e. The molecule has 0 bridgehead atoms. The second-order valence-corrected chi connectivity index (χ2v) is 2.84. The normalized spacial score (nSPS) is 10.2. The molecule has 0 aromatic carbocycles. The van der Waals surface area contributed by atoms with Crippen LogP contribution < -0.4 is 11.1 Å². The van der Waals surface area contributed by atoms with Crippen molar-refractivity contribution in [3.8, 4) is 0 Å². The molecule has 0 atom stereocenters. The highest BCUT2D eigenvalue weighted by Crippen LogP contribution is 2.10. The molecule has 6 nitrogen and oxygen atoms in total. The fourth-order valence-electron chi connectivity index (χ4n) is 1.07. The Labute approximate surface area is 85.0 Å². The smallest absolute Gasteiger partial charge is 0.291 e. The van der Waals surface area contributed by atoms with Crippen molar-refractivity contribution in [1.29, 1.82) is 0 Å². The lowest BCUT2D eigenvalue weighted by molar-refractivity contribution is 0.0995. The maximum atomic E-state index is 11.5. The number of nitrogens with two attached hydrogens (primary N) is 1. The minimum absolute atomic E-state index is 0.205. The molecular weight excluding hydrogens is 198 g/mol. The first kappa shape index (κ1) is 9.47. The van der Waals surface area contributed by atoms with E-state index in [-0.39, 0.29) is 18.2 Å². The molecular formula is C9H9N3O3. The summed E-state index contributed by atoms with van der Waals surface area (Å²) >= 11 is 0. The van der Waals surface area contributed by atoms with Gasteiger partial charge in [-0.25, -0.2) is 0 Å². The third kappa shape index (κ3) is 2.05. The number of amides is 1. The van der Waals surface area contributed by atoms with E-state index in [9.17, 15) is 4.79 Å². The Morgan fingerprint density at radius 2 is 2.40 bits per heavy atom. The molecule has 0 saturated carbocycles. The second kappa shape index (κ2) is 3.97. The number of anilines is 1. The first-order valence-electron chi connectivity index (χ1n) is 4.29. The van der Waals surface area contributed by atoms with Crippen LogP contribution >= 0.6 is 0 Å². The minimum Gasteiger partial charge on any atom is -0.455 e. The molecule has 1 amide bonds. The van der Waals surface area contributed by atoms with Crippen molar-refractivity contribution in [2.75, 3.05) is 5.32 Å². The summed E-state index contributed by atoms with van der Waals surface area (Å²) in [5.74, 6) is 0.403. The van der Waals surface area contributed by atoms with Crippen LogP contribution in [0, 0.1) is 0 Å². The van der Waals surface area contributed by atoms with Gasteiger partial charge in [0.15, 0.2) is 5.76 Å². The second-order valence-electron chi connectivity index (χ2n) is 2.84. The summed E-state index contributed by atoms with van der Waals surface area (Å²) < 4.78 is 9.72. The number of nitrogens with one attached hydrogen (secondary N) is 1. The van der Waals surface area contributed by atoms with Crippen molar-refractivity contribution >= 4 is 11.6 Å². The van der Waals surface area contributed by atoms with Crippen LogP contribution in [0.5, 0.6) is 0 Å². The summed E-state index contributed by atoms with van der Waals surface area (Å²) in [5, 5.41) is 6.00. The first-order chi connectivity index (χ1) is 7.29. The maximum absolute atomic E-state index is 11.5. The summed E-state index contributed by atoms with van der Waals surface area (Å²) in [7, 11) is 0. The quantitative estimate of drug-likeness (QED) is 0.782. The lowest BCUT2D eigenvalue weighted by Crippen LogP contribution is -2.10. The van der Waals surface area contributed by atoms with Gasteiger partial charge in [0.05, 0.1) is 12.7 Å². The fraction of sp³-hybridized carbons (Fsp3) is 0.111. The molecule has 0 unspecified atom stereocenters. The zero-order valence-electron chi connectivity index (χ0n) is 7.77. The number of carbonyl (C=O) groups is 1. The number of rotatable bonds is 3. The Bertz CT molecular complexity index is 447. The van der Waals surface area contributed by atoms with Crippen molar-refractivity contribution in [3.05, 3.63) is 36.1 Å². The Balaban J connectivity index is 2.08. The summed E-state index contributed by atoms with van der Waals surface area (Å²) in [4.78, 5) is 11.5. The molecule has 78 valence electrons. The molecule has 2 heterocycles. The highest BCUT2D eigenvalue weighted by atomic mass is 16.5. The van der Waals surface area contributed by atoms with Gasteiger partial charge in [0.2, 0.25) is 0 Å². The predicted octanol–water partition coefficient (Wildman–Crippen LogP) is 0.979. The molecule has 2 aromatic rings. The Morgan fingerprint density at radius 3 is 3.00 bits per heavy atom. The van der Waals surface area contributed by atoms with Gasteiger partial charge in [-0.2, -0.15) is 0 Å². The lowest BCUT2D eigenvalue weighted by Gasteiger charge is -1.97. The molecule has 3 N–H and O–H groups in total. The summed E-state index contributed by atoms with van der Waals surface area (Å²) in [6.07, 6.45) is 2.72. The molecule has 0 aliphatic heterocycles. The number of carbonyl (C=O) groups excluding carboxylic acids is 1. The summed E-state index contributed by atoms with van der Waals surface area (Å²) in [6, 6.07) is 3.22. The van der Waals surface area contributed by atoms with Gasteiger partial charge in [0.1, 0.15) is 17.7 Å². The van der Waals surface area contributed by atoms with E-state index in [0.29, 0.717) is 11.4 Å². The fourth-order valence-corrected chi connectivity index (χ4v) is 1.07. The average Bonchev–Trinajstić information content (AvgIpc) is 2.86. The Morgan fingerprint density at radius 1 is 1.53 bits per heavy atom. The van der Waals surface area contributed by atoms with Gasteiger partial charge in [0.25, 0.3) is 5.91 Å². The third-order valence-electron chi connectivity index (χ3n) is 1.78.